The van der Waals surface area contributed by atoms with Crippen LogP contribution in [0.5, 0.6) is 0 Å². The molecule has 1 heterocycles. The van der Waals surface area contributed by atoms with E-state index >= 15 is 0 Å². The summed E-state index contributed by atoms with van der Waals surface area (Å²) in [6.07, 6.45) is 0. The van der Waals surface area contributed by atoms with Gasteiger partial charge in [-0.1, -0.05) is 28.1 Å². The summed E-state index contributed by atoms with van der Waals surface area (Å²) in [4.78, 5) is 5.89. The summed E-state index contributed by atoms with van der Waals surface area (Å²) >= 11 is 5.25. The summed E-state index contributed by atoms with van der Waals surface area (Å²) in [5, 5.41) is 4.66. The Morgan fingerprint density at radius 1 is 1.39 bits per heavy atom. The second-order valence-corrected chi connectivity index (χ2v) is 6.73. The van der Waals surface area contributed by atoms with E-state index in [1.54, 1.807) is 11.3 Å². The van der Waals surface area contributed by atoms with Crippen molar-refractivity contribution in [1.82, 2.24) is 10.3 Å². The van der Waals surface area contributed by atoms with Gasteiger partial charge < -0.3 is 5.32 Å². The van der Waals surface area contributed by atoms with Gasteiger partial charge in [-0.05, 0) is 38.5 Å². The van der Waals surface area contributed by atoms with Crippen LogP contribution in [-0.4, -0.2) is 4.98 Å². The Morgan fingerprint density at radius 3 is 2.78 bits per heavy atom. The number of hydrogen-bond donors (Lipinski definition) is 1. The van der Waals surface area contributed by atoms with E-state index in [0.717, 1.165) is 16.0 Å². The summed E-state index contributed by atoms with van der Waals surface area (Å²) in [5.74, 6) is 0. The first-order chi connectivity index (χ1) is 8.56. The lowest BCUT2D eigenvalue weighted by Gasteiger charge is -2.12. The Kier molecular flexibility index (Phi) is 4.54. The van der Waals surface area contributed by atoms with E-state index in [-0.39, 0.29) is 6.04 Å². The first-order valence-electron chi connectivity index (χ1n) is 5.98. The molecule has 0 saturated heterocycles. The Balaban J connectivity index is 2.00. The van der Waals surface area contributed by atoms with Gasteiger partial charge in [0, 0.05) is 21.9 Å². The highest BCUT2D eigenvalue weighted by molar-refractivity contribution is 9.10. The zero-order valence-corrected chi connectivity index (χ0v) is 13.2. The molecule has 1 aromatic heterocycles. The number of halogens is 1. The highest BCUT2D eigenvalue weighted by Crippen LogP contribution is 2.22. The van der Waals surface area contributed by atoms with E-state index in [1.165, 1.54) is 16.1 Å². The van der Waals surface area contributed by atoms with Crippen LogP contribution in [-0.2, 0) is 6.54 Å². The van der Waals surface area contributed by atoms with Crippen LogP contribution in [0.3, 0.4) is 0 Å². The van der Waals surface area contributed by atoms with Gasteiger partial charge in [-0.3, -0.25) is 0 Å². The lowest BCUT2D eigenvalue weighted by Crippen LogP contribution is -2.19. The van der Waals surface area contributed by atoms with Gasteiger partial charge >= 0.3 is 0 Å². The highest BCUT2D eigenvalue weighted by atomic mass is 79.9. The zero-order valence-electron chi connectivity index (χ0n) is 10.8. The molecule has 0 spiro atoms. The number of benzene rings is 1. The van der Waals surface area contributed by atoms with Crippen LogP contribution < -0.4 is 5.32 Å². The average Bonchev–Trinajstić information content (AvgIpc) is 2.66. The van der Waals surface area contributed by atoms with Gasteiger partial charge in [0.2, 0.25) is 0 Å². The highest BCUT2D eigenvalue weighted by Gasteiger charge is 2.12. The minimum Gasteiger partial charge on any atom is -0.305 e. The fraction of sp³-hybridized carbons (Fsp3) is 0.357. The molecule has 4 heteroatoms. The largest absolute Gasteiger partial charge is 0.305 e. The van der Waals surface area contributed by atoms with Crippen molar-refractivity contribution in [2.45, 2.75) is 33.4 Å². The van der Waals surface area contributed by atoms with Gasteiger partial charge in [-0.15, -0.1) is 11.3 Å². The summed E-state index contributed by atoms with van der Waals surface area (Å²) < 4.78 is 1.12. The van der Waals surface area contributed by atoms with Gasteiger partial charge in [0.05, 0.1) is 10.7 Å². The molecule has 2 rings (SSSR count). The number of nitrogens with one attached hydrogen (secondary N) is 1. The van der Waals surface area contributed by atoms with Gasteiger partial charge in [0.15, 0.2) is 0 Å². The van der Waals surface area contributed by atoms with Crippen LogP contribution in [0.4, 0.5) is 0 Å². The molecule has 0 aliphatic carbocycles. The molecule has 0 fully saturated rings. The fourth-order valence-electron chi connectivity index (χ4n) is 1.96. The molecule has 0 saturated carbocycles. The molecular formula is C14H17BrN2S. The Labute approximate surface area is 121 Å². The van der Waals surface area contributed by atoms with Crippen molar-refractivity contribution in [2.75, 3.05) is 0 Å². The van der Waals surface area contributed by atoms with Gasteiger partial charge in [-0.2, -0.15) is 0 Å². The Morgan fingerprint density at radius 2 is 2.17 bits per heavy atom. The van der Waals surface area contributed by atoms with Crippen molar-refractivity contribution in [3.8, 4) is 0 Å². The molecule has 1 unspecified atom stereocenters. The van der Waals surface area contributed by atoms with E-state index in [2.05, 4.69) is 65.2 Å². The summed E-state index contributed by atoms with van der Waals surface area (Å²) in [5.41, 5.74) is 2.45. The molecule has 0 aliphatic heterocycles. The molecule has 2 nitrogen and oxygen atoms in total. The normalized spacial score (nSPS) is 12.7. The van der Waals surface area contributed by atoms with Gasteiger partial charge in [0.1, 0.15) is 0 Å². The smallest absolute Gasteiger partial charge is 0.0900 e. The second-order valence-electron chi connectivity index (χ2n) is 4.41. The average molecular weight is 325 g/mol. The number of thiazole rings is 1. The van der Waals surface area contributed by atoms with Crippen molar-refractivity contribution in [3.63, 3.8) is 0 Å². The molecular weight excluding hydrogens is 308 g/mol. The first kappa shape index (κ1) is 13.7. The van der Waals surface area contributed by atoms with E-state index in [4.69, 9.17) is 0 Å². The van der Waals surface area contributed by atoms with Crippen molar-refractivity contribution in [3.05, 3.63) is 49.9 Å². The van der Waals surface area contributed by atoms with Gasteiger partial charge in [-0.25, -0.2) is 4.98 Å². The van der Waals surface area contributed by atoms with Crippen molar-refractivity contribution >= 4 is 27.3 Å². The molecule has 0 radical (unpaired) electrons. The molecule has 0 aliphatic rings. The molecule has 0 amide bonds. The summed E-state index contributed by atoms with van der Waals surface area (Å²) in [6.45, 7) is 7.22. The van der Waals surface area contributed by atoms with Crippen molar-refractivity contribution in [1.29, 1.82) is 0 Å². The monoisotopic (exact) mass is 324 g/mol. The molecule has 0 bridgehead atoms. The predicted octanol–water partition coefficient (Wildman–Crippen LogP) is 4.37. The van der Waals surface area contributed by atoms with E-state index in [1.807, 2.05) is 6.07 Å². The van der Waals surface area contributed by atoms with E-state index in [0.29, 0.717) is 0 Å². The first-order valence-corrected chi connectivity index (χ1v) is 7.59. The van der Waals surface area contributed by atoms with E-state index < -0.39 is 0 Å². The summed E-state index contributed by atoms with van der Waals surface area (Å²) in [6, 6.07) is 8.65. The maximum atomic E-state index is 4.59. The minimum absolute atomic E-state index is 0.286. The lowest BCUT2D eigenvalue weighted by molar-refractivity contribution is 0.561. The second kappa shape index (κ2) is 5.95. The molecule has 1 aromatic carbocycles. The predicted molar refractivity (Wildman–Crippen MR) is 81.0 cm³/mol. The lowest BCUT2D eigenvalue weighted by atomic mass is 10.2. The quantitative estimate of drug-likeness (QED) is 0.903. The number of aryl methyl sites for hydroxylation is 2. The Bertz CT molecular complexity index is 536. The van der Waals surface area contributed by atoms with Crippen LogP contribution in [0.2, 0.25) is 0 Å². The number of rotatable bonds is 4. The Hall–Kier alpha value is -0.710. The molecule has 18 heavy (non-hydrogen) atoms. The van der Waals surface area contributed by atoms with Crippen LogP contribution in [0, 0.1) is 13.8 Å². The maximum Gasteiger partial charge on any atom is 0.0900 e. The van der Waals surface area contributed by atoms with Crippen LogP contribution >= 0.6 is 27.3 Å². The summed E-state index contributed by atoms with van der Waals surface area (Å²) in [7, 11) is 0. The molecule has 1 N–H and O–H groups in total. The third-order valence-electron chi connectivity index (χ3n) is 2.85. The third-order valence-corrected chi connectivity index (χ3v) is 4.25. The van der Waals surface area contributed by atoms with E-state index in [9.17, 15) is 0 Å². The number of hydrogen-bond acceptors (Lipinski definition) is 3. The standard InChI is InChI=1S/C14H17BrN2S/c1-9(14-10(2)18-11(3)17-14)16-8-12-5-4-6-13(15)7-12/h4-7,9,16H,8H2,1-3H3. The zero-order chi connectivity index (χ0) is 13.1. The van der Waals surface area contributed by atoms with Crippen molar-refractivity contribution < 1.29 is 0 Å². The van der Waals surface area contributed by atoms with Crippen LogP contribution in [0.1, 0.15) is 34.1 Å². The van der Waals surface area contributed by atoms with Gasteiger partial charge in [0.25, 0.3) is 0 Å². The molecule has 96 valence electrons. The minimum atomic E-state index is 0.286. The molecule has 1 atom stereocenters. The third kappa shape index (κ3) is 3.40. The van der Waals surface area contributed by atoms with Crippen LogP contribution in [0.15, 0.2) is 28.7 Å². The van der Waals surface area contributed by atoms with Crippen LogP contribution in [0.25, 0.3) is 0 Å². The number of nitrogens with zero attached hydrogens (tertiary/aromatic N) is 1. The topological polar surface area (TPSA) is 24.9 Å². The fourth-order valence-corrected chi connectivity index (χ4v) is 3.32. The SMILES string of the molecule is Cc1nc(C(C)NCc2cccc(Br)c2)c(C)s1. The maximum absolute atomic E-state index is 4.59. The van der Waals surface area contributed by atoms with Crippen molar-refractivity contribution in [2.24, 2.45) is 0 Å². The molecule has 2 aromatic rings. The number of aromatic nitrogens is 1.